The molecule has 0 bridgehead atoms. The summed E-state index contributed by atoms with van der Waals surface area (Å²) in [6.45, 7) is 7.87. The van der Waals surface area contributed by atoms with E-state index in [0.717, 1.165) is 43.1 Å². The third-order valence-electron chi connectivity index (χ3n) is 4.78. The highest BCUT2D eigenvalue weighted by molar-refractivity contribution is 5.37. The van der Waals surface area contributed by atoms with Crippen LogP contribution in [-0.4, -0.2) is 41.7 Å². The van der Waals surface area contributed by atoms with E-state index in [-0.39, 0.29) is 5.56 Å². The van der Waals surface area contributed by atoms with E-state index in [4.69, 9.17) is 9.47 Å². The first-order valence-corrected chi connectivity index (χ1v) is 9.12. The second-order valence-corrected chi connectivity index (χ2v) is 6.76. The number of hydrogen-bond acceptors (Lipinski definition) is 5. The van der Waals surface area contributed by atoms with Crippen LogP contribution in [0.1, 0.15) is 41.9 Å². The summed E-state index contributed by atoms with van der Waals surface area (Å²) >= 11 is 0. The van der Waals surface area contributed by atoms with E-state index >= 15 is 0 Å². The molecule has 1 saturated heterocycles. The summed E-state index contributed by atoms with van der Waals surface area (Å²) in [7, 11) is 1.69. The monoisotopic (exact) mass is 357 g/mol. The molecule has 6 nitrogen and oxygen atoms in total. The quantitative estimate of drug-likeness (QED) is 0.825. The molecule has 1 aliphatic rings. The highest BCUT2D eigenvalue weighted by atomic mass is 16.5. The van der Waals surface area contributed by atoms with Gasteiger partial charge in [0.2, 0.25) is 0 Å². The minimum atomic E-state index is -0.0679. The summed E-state index contributed by atoms with van der Waals surface area (Å²) in [6, 6.07) is 7.92. The minimum Gasteiger partial charge on any atom is -0.496 e. The number of aromatic nitrogens is 2. The van der Waals surface area contributed by atoms with Crippen molar-refractivity contribution in [3.63, 3.8) is 0 Å². The molecule has 26 heavy (non-hydrogen) atoms. The van der Waals surface area contributed by atoms with E-state index in [9.17, 15) is 4.79 Å². The maximum atomic E-state index is 11.7. The van der Waals surface area contributed by atoms with Crippen LogP contribution in [0.15, 0.2) is 29.1 Å². The van der Waals surface area contributed by atoms with Gasteiger partial charge in [-0.3, -0.25) is 9.69 Å². The summed E-state index contributed by atoms with van der Waals surface area (Å²) in [4.78, 5) is 21.3. The molecule has 3 rings (SSSR count). The van der Waals surface area contributed by atoms with Crippen molar-refractivity contribution in [1.29, 1.82) is 0 Å². The molecule has 0 unspecified atom stereocenters. The number of aryl methyl sites for hydroxylation is 1. The number of methoxy groups -OCH3 is 1. The Kier molecular flexibility index (Phi) is 6.06. The molecule has 1 aromatic heterocycles. The van der Waals surface area contributed by atoms with Crippen molar-refractivity contribution in [2.24, 2.45) is 0 Å². The normalized spacial score (nSPS) is 17.6. The maximum absolute atomic E-state index is 11.7. The number of rotatable bonds is 7. The van der Waals surface area contributed by atoms with Gasteiger partial charge >= 0.3 is 0 Å². The van der Waals surface area contributed by atoms with Gasteiger partial charge in [-0.2, -0.15) is 0 Å². The van der Waals surface area contributed by atoms with Crippen molar-refractivity contribution in [3.8, 4) is 5.75 Å². The minimum absolute atomic E-state index is 0.0679. The van der Waals surface area contributed by atoms with Gasteiger partial charge in [-0.05, 0) is 44.5 Å². The van der Waals surface area contributed by atoms with Crippen LogP contribution in [0.25, 0.3) is 0 Å². The van der Waals surface area contributed by atoms with Gasteiger partial charge in [-0.15, -0.1) is 0 Å². The molecular weight excluding hydrogens is 330 g/mol. The Labute approximate surface area is 154 Å². The number of aromatic amines is 1. The van der Waals surface area contributed by atoms with Crippen molar-refractivity contribution in [2.75, 3.05) is 26.8 Å². The molecule has 2 aromatic rings. The Bertz CT molecular complexity index is 803. The lowest BCUT2D eigenvalue weighted by atomic mass is 10.0. The van der Waals surface area contributed by atoms with E-state index < -0.39 is 0 Å². The van der Waals surface area contributed by atoms with Crippen LogP contribution in [0.3, 0.4) is 0 Å². The second kappa shape index (κ2) is 8.47. The first kappa shape index (κ1) is 18.6. The van der Waals surface area contributed by atoms with Crippen molar-refractivity contribution in [3.05, 3.63) is 57.3 Å². The number of nitrogens with one attached hydrogen (secondary N) is 1. The van der Waals surface area contributed by atoms with Crippen LogP contribution >= 0.6 is 0 Å². The Balaban J connectivity index is 1.67. The van der Waals surface area contributed by atoms with Crippen molar-refractivity contribution >= 4 is 0 Å². The van der Waals surface area contributed by atoms with Crippen molar-refractivity contribution in [1.82, 2.24) is 14.9 Å². The maximum Gasteiger partial charge on any atom is 0.251 e. The topological polar surface area (TPSA) is 67.5 Å². The lowest BCUT2D eigenvalue weighted by molar-refractivity contribution is 0.132. The molecule has 0 amide bonds. The fourth-order valence-electron chi connectivity index (χ4n) is 3.54. The summed E-state index contributed by atoms with van der Waals surface area (Å²) in [5.41, 5.74) is 3.16. The zero-order valence-corrected chi connectivity index (χ0v) is 15.7. The zero-order valence-electron chi connectivity index (χ0n) is 15.7. The van der Waals surface area contributed by atoms with Gasteiger partial charge in [0.05, 0.1) is 19.4 Å². The molecule has 0 aliphatic carbocycles. The molecular formula is C20H27N3O3. The number of H-pyrrole nitrogens is 1. The lowest BCUT2D eigenvalue weighted by Gasteiger charge is -2.17. The van der Waals surface area contributed by atoms with Crippen LogP contribution in [0.5, 0.6) is 5.75 Å². The van der Waals surface area contributed by atoms with Gasteiger partial charge in [-0.25, -0.2) is 4.98 Å². The average molecular weight is 357 g/mol. The first-order chi connectivity index (χ1) is 12.6. The number of hydrogen-bond donors (Lipinski definition) is 1. The van der Waals surface area contributed by atoms with Gasteiger partial charge in [0, 0.05) is 37.2 Å². The molecule has 140 valence electrons. The molecule has 0 radical (unpaired) electrons. The van der Waals surface area contributed by atoms with Crippen LogP contribution in [-0.2, 0) is 17.9 Å². The number of likely N-dealkylation sites (tertiary alicyclic amines) is 1. The van der Waals surface area contributed by atoms with Crippen LogP contribution < -0.4 is 10.3 Å². The standard InChI is InChI=1S/C20H27N3O3/c1-4-26-13-17-9-15(5-6-19(17)25-3)11-23-8-7-16(12-23)18-10-20(24)22-14(2)21-18/h5-6,9-10,16H,4,7-8,11-13H2,1-3H3,(H,21,22,24)/t16-/m0/s1. The van der Waals surface area contributed by atoms with E-state index in [1.165, 1.54) is 5.56 Å². The van der Waals surface area contributed by atoms with Crippen LogP contribution in [0.4, 0.5) is 0 Å². The summed E-state index contributed by atoms with van der Waals surface area (Å²) in [6.07, 6.45) is 1.03. The zero-order chi connectivity index (χ0) is 18.5. The van der Waals surface area contributed by atoms with E-state index in [2.05, 4.69) is 27.0 Å². The summed E-state index contributed by atoms with van der Waals surface area (Å²) < 4.78 is 11.0. The molecule has 0 saturated carbocycles. The van der Waals surface area contributed by atoms with Crippen LogP contribution in [0, 0.1) is 6.92 Å². The number of nitrogens with zero attached hydrogens (tertiary/aromatic N) is 2. The van der Waals surface area contributed by atoms with E-state index in [0.29, 0.717) is 25.0 Å². The van der Waals surface area contributed by atoms with Crippen LogP contribution in [0.2, 0.25) is 0 Å². The molecule has 1 atom stereocenters. The SMILES string of the molecule is CCOCc1cc(CN2CC[C@H](c3cc(=O)[nH]c(C)n3)C2)ccc1OC. The number of benzene rings is 1. The third kappa shape index (κ3) is 4.51. The molecule has 0 spiro atoms. The highest BCUT2D eigenvalue weighted by Crippen LogP contribution is 2.28. The molecule has 1 N–H and O–H groups in total. The second-order valence-electron chi connectivity index (χ2n) is 6.76. The van der Waals surface area contributed by atoms with Gasteiger partial charge < -0.3 is 14.5 Å². The van der Waals surface area contributed by atoms with Gasteiger partial charge in [0.1, 0.15) is 11.6 Å². The molecule has 1 aromatic carbocycles. The third-order valence-corrected chi connectivity index (χ3v) is 4.78. The summed E-state index contributed by atoms with van der Waals surface area (Å²) in [5.74, 6) is 1.86. The first-order valence-electron chi connectivity index (χ1n) is 9.12. The van der Waals surface area contributed by atoms with Gasteiger partial charge in [0.15, 0.2) is 0 Å². The molecule has 2 heterocycles. The molecule has 1 fully saturated rings. The van der Waals surface area contributed by atoms with E-state index in [1.807, 2.05) is 19.9 Å². The Morgan fingerprint density at radius 1 is 1.35 bits per heavy atom. The summed E-state index contributed by atoms with van der Waals surface area (Å²) in [5, 5.41) is 0. The molecule has 6 heteroatoms. The largest absolute Gasteiger partial charge is 0.496 e. The van der Waals surface area contributed by atoms with Gasteiger partial charge in [0.25, 0.3) is 5.56 Å². The lowest BCUT2D eigenvalue weighted by Crippen LogP contribution is -2.21. The number of ether oxygens (including phenoxy) is 2. The Hall–Kier alpha value is -2.18. The predicted octanol–water partition coefficient (Wildman–Crippen LogP) is 2.61. The van der Waals surface area contributed by atoms with Gasteiger partial charge in [-0.1, -0.05) is 6.07 Å². The fraction of sp³-hybridized carbons (Fsp3) is 0.500. The Morgan fingerprint density at radius 2 is 2.19 bits per heavy atom. The van der Waals surface area contributed by atoms with E-state index in [1.54, 1.807) is 13.2 Å². The molecule has 1 aliphatic heterocycles. The highest BCUT2D eigenvalue weighted by Gasteiger charge is 2.25. The van der Waals surface area contributed by atoms with Crippen molar-refractivity contribution < 1.29 is 9.47 Å². The van der Waals surface area contributed by atoms with Crippen molar-refractivity contribution in [2.45, 2.75) is 39.3 Å². The predicted molar refractivity (Wildman–Crippen MR) is 101 cm³/mol. The average Bonchev–Trinajstić information content (AvgIpc) is 3.08. The smallest absolute Gasteiger partial charge is 0.251 e. The fourth-order valence-corrected chi connectivity index (χ4v) is 3.54. The Morgan fingerprint density at radius 3 is 2.92 bits per heavy atom.